The summed E-state index contributed by atoms with van der Waals surface area (Å²) in [6.07, 6.45) is -2.44. The Morgan fingerprint density at radius 1 is 0.671 bits per heavy atom. The van der Waals surface area contributed by atoms with E-state index >= 15 is 0 Å². The van der Waals surface area contributed by atoms with Crippen LogP contribution < -0.4 is 26.1 Å². The summed E-state index contributed by atoms with van der Waals surface area (Å²) in [6, 6.07) is 23.3. The Morgan fingerprint density at radius 3 is 1.46 bits per heavy atom. The monoisotopic (exact) mass is 1180 g/mol. The van der Waals surface area contributed by atoms with Crippen LogP contribution in [0.1, 0.15) is 59.9 Å². The number of rotatable bonds is 26. The number of carbonyl (C=O) groups excluding carboxylic acids is 4. The summed E-state index contributed by atoms with van der Waals surface area (Å²) in [5, 5.41) is 47.4. The number of esters is 1. The first-order valence-corrected chi connectivity index (χ1v) is 25.4. The van der Waals surface area contributed by atoms with Gasteiger partial charge in [0.25, 0.3) is 11.8 Å². The Kier molecular flexibility index (Phi) is 26.1. The largest absolute Gasteiger partial charge is 0.481 e. The zero-order chi connectivity index (χ0) is 60.8. The zero-order valence-electron chi connectivity index (χ0n) is 45.0. The molecule has 8 N–H and O–H groups in total. The Hall–Kier alpha value is -8.27. The van der Waals surface area contributed by atoms with E-state index in [0.29, 0.717) is 55.9 Å². The van der Waals surface area contributed by atoms with Crippen LogP contribution in [0, 0.1) is 29.4 Å². The minimum atomic E-state index is -1.75. The van der Waals surface area contributed by atoms with Crippen molar-refractivity contribution in [1.82, 2.24) is 31.2 Å². The molecule has 0 fully saturated rings. The van der Waals surface area contributed by atoms with Crippen LogP contribution >= 0.6 is 23.2 Å². The van der Waals surface area contributed by atoms with Gasteiger partial charge in [0.05, 0.1) is 51.5 Å². The molecule has 0 bridgehead atoms. The number of aliphatic hydroxyl groups is 1. The summed E-state index contributed by atoms with van der Waals surface area (Å²) in [4.78, 5) is 80.9. The second kappa shape index (κ2) is 32.2. The van der Waals surface area contributed by atoms with Gasteiger partial charge >= 0.3 is 35.7 Å². The second-order valence-electron chi connectivity index (χ2n) is 18.4. The maximum absolute atomic E-state index is 14.3. The standard InChI is InChI=1S/C26H28ClFN4O7.C21H19ClFN3O6.C7H12BO3/c1-14(2)23(29)26(36)38-21(25(34)35)13-32(30-24(33)20-11-22(37-3)31-39-20)12-15-4-6-16(7-5-15)18-10-17(27)8-9-19(18)28;1-31-19-9-18(32-25-19)20(28)24-26(11-17(27)21(29)30)10-12-2-4-13(5-3-12)15-8-14(22)6-7-16(15)23;1-5(2)6(7(10)11)3-8-4-9/h4-11,14,21,23H,12-13,29H2,1-3H3,(H,30,33)(H,34,35);2-9,17,27H,10-11H2,1H3,(H,24,28)(H,29,30);4-6H,3H2,1-2H3,(H,10,11)/t21-,23+;17-;6-/m110/s1. The fourth-order valence-electron chi connectivity index (χ4n) is 7.08. The number of amides is 2. The van der Waals surface area contributed by atoms with Crippen molar-refractivity contribution in [2.45, 2.75) is 65.4 Å². The van der Waals surface area contributed by atoms with Crippen LogP contribution in [0.15, 0.2) is 106 Å². The Bertz CT molecular complexity index is 3120. The minimum absolute atomic E-state index is 0.0209. The van der Waals surface area contributed by atoms with Crippen molar-refractivity contribution < 1.29 is 86.0 Å². The number of hydrogen-bond acceptors (Lipinski definition) is 18. The van der Waals surface area contributed by atoms with Gasteiger partial charge in [0.2, 0.25) is 17.6 Å². The van der Waals surface area contributed by atoms with Crippen molar-refractivity contribution in [2.75, 3.05) is 27.3 Å². The molecule has 28 heteroatoms. The Balaban J connectivity index is 0.000000302. The number of carbonyl (C=O) groups is 7. The molecule has 4 atom stereocenters. The maximum atomic E-state index is 14.3. The Labute approximate surface area is 479 Å². The highest BCUT2D eigenvalue weighted by atomic mass is 35.5. The molecular weight excluding hydrogens is 1120 g/mol. The first-order chi connectivity index (χ1) is 38.8. The molecule has 2 aromatic heterocycles. The van der Waals surface area contributed by atoms with Crippen molar-refractivity contribution in [2.24, 2.45) is 23.5 Å². The van der Waals surface area contributed by atoms with E-state index in [0.717, 1.165) is 0 Å². The third kappa shape index (κ3) is 20.7. The number of benzene rings is 4. The lowest BCUT2D eigenvalue weighted by atomic mass is 9.69. The predicted octanol–water partition coefficient (Wildman–Crippen LogP) is 6.66. The number of halogens is 4. The van der Waals surface area contributed by atoms with Crippen LogP contribution in [0.2, 0.25) is 16.4 Å². The van der Waals surface area contributed by atoms with E-state index in [4.69, 9.17) is 62.4 Å². The van der Waals surface area contributed by atoms with Crippen molar-refractivity contribution in [3.63, 3.8) is 0 Å². The van der Waals surface area contributed by atoms with Crippen LogP contribution in [0.3, 0.4) is 0 Å². The number of methoxy groups -OCH3 is 2. The van der Waals surface area contributed by atoms with Crippen LogP contribution in [-0.2, 0) is 41.8 Å². The lowest BCUT2D eigenvalue weighted by Crippen LogP contribution is -2.50. The number of aliphatic hydroxyl groups excluding tert-OH is 1. The lowest BCUT2D eigenvalue weighted by Gasteiger charge is -2.26. The van der Waals surface area contributed by atoms with E-state index in [1.165, 1.54) is 80.0 Å². The lowest BCUT2D eigenvalue weighted by molar-refractivity contribution is -0.167. The average molecular weight is 1180 g/mol. The zero-order valence-corrected chi connectivity index (χ0v) is 46.5. The number of ether oxygens (including phenoxy) is 3. The molecule has 0 aliphatic carbocycles. The van der Waals surface area contributed by atoms with Gasteiger partial charge in [0.1, 0.15) is 17.7 Å². The summed E-state index contributed by atoms with van der Waals surface area (Å²) >= 11 is 11.9. The molecule has 1 radical (unpaired) electrons. The molecular formula is C54H59BCl2F2N7O16. The highest BCUT2D eigenvalue weighted by molar-refractivity contribution is 6.66. The maximum Gasteiger partial charge on any atom is 0.346 e. The molecule has 437 valence electrons. The van der Waals surface area contributed by atoms with Crippen molar-refractivity contribution in [3.05, 3.63) is 141 Å². The first kappa shape index (κ1) is 66.2. The number of nitrogens with two attached hydrogens (primary N) is 1. The van der Waals surface area contributed by atoms with Gasteiger partial charge in [0.15, 0.2) is 13.4 Å². The molecule has 82 heavy (non-hydrogen) atoms. The molecule has 2 heterocycles. The molecule has 23 nitrogen and oxygen atoms in total. The second-order valence-corrected chi connectivity index (χ2v) is 19.3. The van der Waals surface area contributed by atoms with Crippen LogP contribution in [-0.4, -0.2) is 135 Å². The highest BCUT2D eigenvalue weighted by Crippen LogP contribution is 2.28. The summed E-state index contributed by atoms with van der Waals surface area (Å²) in [7, 11) is 4.05. The predicted molar refractivity (Wildman–Crippen MR) is 293 cm³/mol. The van der Waals surface area contributed by atoms with E-state index in [9.17, 15) is 52.6 Å². The number of aromatic nitrogens is 2. The molecule has 0 saturated heterocycles. The molecule has 6 rings (SSSR count). The Morgan fingerprint density at radius 2 is 1.11 bits per heavy atom. The molecule has 2 amide bonds. The topological polar surface area (TPSA) is 337 Å². The summed E-state index contributed by atoms with van der Waals surface area (Å²) in [6.45, 7) is 6.23. The highest BCUT2D eigenvalue weighted by Gasteiger charge is 2.31. The van der Waals surface area contributed by atoms with Gasteiger partial charge in [-0.3, -0.25) is 30.0 Å². The van der Waals surface area contributed by atoms with Crippen LogP contribution in [0.4, 0.5) is 8.78 Å². The fourth-order valence-corrected chi connectivity index (χ4v) is 7.43. The van der Waals surface area contributed by atoms with Gasteiger partial charge in [-0.05, 0) is 80.8 Å². The van der Waals surface area contributed by atoms with E-state index in [2.05, 4.69) is 21.2 Å². The van der Waals surface area contributed by atoms with Gasteiger partial charge in [-0.25, -0.2) is 28.4 Å². The SMILES string of the molecule is CC(C)[C@H](C[B]C=O)C(=O)O.COc1cc(C(=O)NN(Cc2ccc(-c3cc(Cl)ccc3F)cc2)C[C@@H](O)C(=O)O)on1.COc1cc(C(=O)NN(Cc2ccc(-c3cc(Cl)ccc3F)cc2)C[C@@H](OC(=O)[C@@H](N)C(C)C)C(=O)O)on1. The summed E-state index contributed by atoms with van der Waals surface area (Å²) in [5.74, 6) is -7.80. The molecule has 6 aromatic rings. The van der Waals surface area contributed by atoms with Crippen molar-refractivity contribution >= 4 is 72.4 Å². The number of hydrogen-bond donors (Lipinski definition) is 7. The van der Waals surface area contributed by atoms with Crippen LogP contribution in [0.5, 0.6) is 11.8 Å². The average Bonchev–Trinajstić information content (AvgIpc) is 4.22. The van der Waals surface area contributed by atoms with Crippen molar-refractivity contribution in [3.8, 4) is 34.0 Å². The fraction of sp³-hybridized carbons (Fsp3) is 0.315. The molecule has 0 aliphatic rings. The molecule has 0 unspecified atom stereocenters. The van der Waals surface area contributed by atoms with Gasteiger partial charge < -0.3 is 54.2 Å². The van der Waals surface area contributed by atoms with E-state index in [1.54, 1.807) is 62.4 Å². The van der Waals surface area contributed by atoms with Gasteiger partial charge in [-0.15, -0.1) is 0 Å². The first-order valence-electron chi connectivity index (χ1n) is 24.7. The number of nitrogens with zero attached hydrogens (tertiary/aromatic N) is 4. The quantitative estimate of drug-likeness (QED) is 0.0129. The van der Waals surface area contributed by atoms with Crippen LogP contribution in [0.25, 0.3) is 22.3 Å². The number of carboxylic acids is 3. The van der Waals surface area contributed by atoms with E-state index in [1.807, 2.05) is 13.8 Å². The normalized spacial score (nSPS) is 12.4. The van der Waals surface area contributed by atoms with Crippen molar-refractivity contribution in [1.29, 1.82) is 0 Å². The van der Waals surface area contributed by atoms with Gasteiger partial charge in [0, 0.05) is 34.3 Å². The van der Waals surface area contributed by atoms with E-state index in [-0.39, 0.29) is 48.2 Å². The smallest absolute Gasteiger partial charge is 0.346 e. The molecule has 4 aromatic carbocycles. The number of aliphatic carboxylic acids is 3. The third-order valence-corrected chi connectivity index (χ3v) is 12.2. The number of nitrogens with one attached hydrogen (secondary N) is 2. The number of carboxylic acid groups (broad SMARTS) is 3. The minimum Gasteiger partial charge on any atom is -0.481 e. The third-order valence-electron chi connectivity index (χ3n) is 11.7. The van der Waals surface area contributed by atoms with E-state index < -0.39 is 84.6 Å². The molecule has 0 saturated carbocycles. The summed E-state index contributed by atoms with van der Waals surface area (Å²) < 4.78 is 53.1. The van der Waals surface area contributed by atoms with Gasteiger partial charge in [-0.2, -0.15) is 0 Å². The summed E-state index contributed by atoms with van der Waals surface area (Å²) in [5.41, 5.74) is 13.9. The molecule has 0 spiro atoms. The van der Waals surface area contributed by atoms with Gasteiger partial charge in [-0.1, -0.05) is 106 Å². The molecule has 0 aliphatic heterocycles. The number of hydrazine groups is 2.